The normalized spacial score (nSPS) is 53.5. The number of aliphatic hydroxyl groups excluding tert-OH is 23. The van der Waals surface area contributed by atoms with Crippen LogP contribution in [0.4, 0.5) is 0 Å². The summed E-state index contributed by atoms with van der Waals surface area (Å²) < 4.78 is 72.0. The minimum absolute atomic E-state index is 0.870. The Kier molecular flexibility index (Phi) is 22.6. The Balaban J connectivity index is 0.961. The monoisotopic (exact) mass is 1150 g/mol. The van der Waals surface area contributed by atoms with Gasteiger partial charge in [0.15, 0.2) is 44.0 Å². The van der Waals surface area contributed by atoms with E-state index in [0.717, 1.165) is 0 Å². The van der Waals surface area contributed by atoms with Gasteiger partial charge in [0.25, 0.3) is 0 Å². The highest BCUT2D eigenvalue weighted by atomic mass is 16.8. The molecule has 0 bridgehead atoms. The zero-order valence-corrected chi connectivity index (χ0v) is 40.8. The number of hydrogen-bond acceptors (Lipinski definition) is 36. The van der Waals surface area contributed by atoms with Crippen LogP contribution in [0.15, 0.2) is 0 Å². The summed E-state index contributed by atoms with van der Waals surface area (Å²) >= 11 is 0. The van der Waals surface area contributed by atoms with Crippen LogP contribution in [-0.2, 0) is 61.6 Å². The zero-order valence-electron chi connectivity index (χ0n) is 40.8. The third-order valence-corrected chi connectivity index (χ3v) is 14.5. The van der Waals surface area contributed by atoms with E-state index in [9.17, 15) is 117 Å². The molecule has 35 atom stereocenters. The van der Waals surface area contributed by atoms with Crippen LogP contribution in [0, 0.1) is 0 Å². The average molecular weight is 1150 g/mol. The summed E-state index contributed by atoms with van der Waals surface area (Å²) in [6, 6.07) is 0. The minimum Gasteiger partial charge on any atom is -0.394 e. The number of aliphatic hydroxyl groups is 23. The van der Waals surface area contributed by atoms with Gasteiger partial charge in [-0.3, -0.25) is 0 Å². The molecule has 7 saturated heterocycles. The molecule has 78 heavy (non-hydrogen) atoms. The summed E-state index contributed by atoms with van der Waals surface area (Å²) in [5, 5.41) is 243. The quantitative estimate of drug-likeness (QED) is 0.0571. The molecule has 0 radical (unpaired) electrons. The van der Waals surface area contributed by atoms with Gasteiger partial charge >= 0.3 is 0 Å². The molecule has 23 N–H and O–H groups in total. The van der Waals surface area contributed by atoms with E-state index in [1.165, 1.54) is 0 Å². The van der Waals surface area contributed by atoms with Crippen LogP contribution < -0.4 is 0 Å². The van der Waals surface area contributed by atoms with Crippen LogP contribution in [0.5, 0.6) is 0 Å². The van der Waals surface area contributed by atoms with Gasteiger partial charge in [-0.25, -0.2) is 0 Å². The lowest BCUT2D eigenvalue weighted by Gasteiger charge is -2.50. The predicted octanol–water partition coefficient (Wildman–Crippen LogP) is -16.3. The van der Waals surface area contributed by atoms with Gasteiger partial charge in [0.05, 0.1) is 46.2 Å². The summed E-state index contributed by atoms with van der Waals surface area (Å²) in [5.74, 6) is 0. The maximum absolute atomic E-state index is 11.3. The van der Waals surface area contributed by atoms with Crippen molar-refractivity contribution in [3.05, 3.63) is 0 Å². The summed E-state index contributed by atoms with van der Waals surface area (Å²) in [5.41, 5.74) is 0. The molecule has 0 spiro atoms. The van der Waals surface area contributed by atoms with Crippen LogP contribution in [-0.4, -0.2) is 379 Å². The van der Waals surface area contributed by atoms with Crippen molar-refractivity contribution in [3.63, 3.8) is 0 Å². The van der Waals surface area contributed by atoms with Gasteiger partial charge < -0.3 is 179 Å². The number of ether oxygens (including phenoxy) is 13. The maximum Gasteiger partial charge on any atom is 0.187 e. The van der Waals surface area contributed by atoms with Crippen molar-refractivity contribution in [2.24, 2.45) is 0 Å². The fraction of sp³-hybridized carbons (Fsp3) is 1.00. The van der Waals surface area contributed by atoms with Gasteiger partial charge in [-0.05, 0) is 0 Å². The van der Waals surface area contributed by atoms with Crippen LogP contribution in [0.2, 0.25) is 0 Å². The van der Waals surface area contributed by atoms with Crippen molar-refractivity contribution in [1.82, 2.24) is 0 Å². The lowest BCUT2D eigenvalue weighted by molar-refractivity contribution is -0.398. The molecule has 36 nitrogen and oxygen atoms in total. The average Bonchev–Trinajstić information content (AvgIpc) is 3.50. The van der Waals surface area contributed by atoms with Gasteiger partial charge in [0.2, 0.25) is 0 Å². The first-order valence-electron chi connectivity index (χ1n) is 24.7. The Bertz CT molecular complexity index is 1810. The first-order chi connectivity index (χ1) is 37.0. The van der Waals surface area contributed by atoms with Crippen molar-refractivity contribution < 1.29 is 179 Å². The molecule has 7 fully saturated rings. The van der Waals surface area contributed by atoms with Crippen LogP contribution in [0.25, 0.3) is 0 Å². The summed E-state index contributed by atoms with van der Waals surface area (Å²) in [7, 11) is 0. The lowest BCUT2D eigenvalue weighted by Crippen LogP contribution is -2.68. The second-order valence-electron chi connectivity index (χ2n) is 19.6. The molecule has 0 aromatic rings. The lowest BCUT2D eigenvalue weighted by atomic mass is 9.95. The molecule has 0 aromatic heterocycles. The van der Waals surface area contributed by atoms with Gasteiger partial charge in [0, 0.05) is 0 Å². The van der Waals surface area contributed by atoms with E-state index < -0.39 is 261 Å². The summed E-state index contributed by atoms with van der Waals surface area (Å²) in [4.78, 5) is 0. The van der Waals surface area contributed by atoms with Crippen molar-refractivity contribution in [2.75, 3.05) is 46.2 Å². The third kappa shape index (κ3) is 12.9. The van der Waals surface area contributed by atoms with Gasteiger partial charge in [-0.1, -0.05) is 0 Å². The van der Waals surface area contributed by atoms with Crippen molar-refractivity contribution >= 4 is 0 Å². The van der Waals surface area contributed by atoms with Crippen LogP contribution in [0.1, 0.15) is 0 Å². The Labute approximate surface area is 439 Å². The van der Waals surface area contributed by atoms with E-state index >= 15 is 0 Å². The van der Waals surface area contributed by atoms with E-state index in [2.05, 4.69) is 0 Å². The van der Waals surface area contributed by atoms with E-state index in [4.69, 9.17) is 61.6 Å². The molecule has 0 saturated carbocycles. The highest BCUT2D eigenvalue weighted by molar-refractivity contribution is 5.01. The largest absolute Gasteiger partial charge is 0.394 e. The Morgan fingerprint density at radius 2 is 0.410 bits per heavy atom. The van der Waals surface area contributed by atoms with E-state index in [-0.39, 0.29) is 0 Å². The Hall–Kier alpha value is -1.44. The van der Waals surface area contributed by atoms with Gasteiger partial charge in [0.1, 0.15) is 171 Å². The number of rotatable bonds is 19. The van der Waals surface area contributed by atoms with Crippen molar-refractivity contribution in [1.29, 1.82) is 0 Å². The van der Waals surface area contributed by atoms with E-state index in [1.807, 2.05) is 0 Å². The molecule has 0 amide bonds. The predicted molar refractivity (Wildman–Crippen MR) is 232 cm³/mol. The second kappa shape index (κ2) is 27.5. The molecular weight excluding hydrogens is 1080 g/mol. The molecule has 0 aliphatic carbocycles. The Morgan fingerprint density at radius 3 is 0.705 bits per heavy atom. The topological polar surface area (TPSA) is 585 Å². The molecule has 7 heterocycles. The summed E-state index contributed by atoms with van der Waals surface area (Å²) in [6.45, 7) is -6.89. The molecule has 7 aliphatic rings. The minimum atomic E-state index is -2.23. The smallest absolute Gasteiger partial charge is 0.187 e. The van der Waals surface area contributed by atoms with E-state index in [1.54, 1.807) is 0 Å². The maximum atomic E-state index is 11.3. The van der Waals surface area contributed by atoms with Crippen LogP contribution >= 0.6 is 0 Å². The molecule has 7 rings (SSSR count). The molecule has 1 unspecified atom stereocenters. The Morgan fingerprint density at radius 1 is 0.192 bits per heavy atom. The number of hydrogen-bond donors (Lipinski definition) is 23. The van der Waals surface area contributed by atoms with Crippen molar-refractivity contribution in [3.8, 4) is 0 Å². The van der Waals surface area contributed by atoms with E-state index in [0.29, 0.717) is 0 Å². The molecule has 456 valence electrons. The van der Waals surface area contributed by atoms with Crippen LogP contribution in [0.3, 0.4) is 0 Å². The second-order valence-corrected chi connectivity index (χ2v) is 19.6. The fourth-order valence-electron chi connectivity index (χ4n) is 10.0. The standard InChI is InChI=1S/C42H72O36/c43-1-8-15(50)17(52)24(59)37(67-8)78-35-16(51)9(2-44)68-42(29(35)64)77-34-14(7-49)72-41(28(63)22(34)57)76-33-13(6-48)71-40(27(62)21(33)56)75-32-12(5-47)70-39(26(61)20(32)55)74-31-11(4-46)69-38(25(60)19(31)54)73-30-10(3-45)66-36(65)23(58)18(30)53/h8-65H,1-7H2/t8-,9-,10-,11-,12-,13-,14-,15-,16-,17+,18-,19-,20-,21-,22-,23-,24-,25-,26-,27-,28-,29-,30-,31-,32-,33-,34-,35+,36?,37+,38+,39+,40+,41+,42+/m1/s1. The molecule has 36 heteroatoms. The molecular formula is C42H72O36. The fourth-order valence-corrected chi connectivity index (χ4v) is 10.0. The first-order valence-corrected chi connectivity index (χ1v) is 24.7. The van der Waals surface area contributed by atoms with Gasteiger partial charge in [-0.2, -0.15) is 0 Å². The molecule has 0 aromatic carbocycles. The van der Waals surface area contributed by atoms with Crippen molar-refractivity contribution in [2.45, 2.75) is 215 Å². The summed E-state index contributed by atoms with van der Waals surface area (Å²) in [6.07, 6.45) is -67.8. The highest BCUT2D eigenvalue weighted by Crippen LogP contribution is 2.37. The zero-order chi connectivity index (χ0) is 57.3. The first kappa shape index (κ1) is 64.1. The highest BCUT2D eigenvalue weighted by Gasteiger charge is 2.58. The van der Waals surface area contributed by atoms with Gasteiger partial charge in [-0.15, -0.1) is 0 Å². The SMILES string of the molecule is OC[C@H]1O[C@@H](O[C@@H]2[C@@H](O)[C@H](O[C@H]3[C@H](O)[C@@H](O)[C@H](O[C@H]4[C@H](O)[C@@H](O)[C@H](O[C@H]5[C@H](O)[C@@H](O)[C@H](O[C@H]6[C@H](O)[C@@H](O)[C@H](O[C@H]7[C@H](O)[C@@H](O)C(O)O[C@@H]7CO)O[C@@H]6CO)O[C@@H]5CO)O[C@@H]4CO)O[C@@H]3CO)O[C@H](CO)[C@H]2O)[C@H](O)[C@@H](O)[C@@H]1O. The third-order valence-electron chi connectivity index (χ3n) is 14.5. The molecule has 7 aliphatic heterocycles.